The SMILES string of the molecule is CCc1nn(C)c(OC)c1CNc1nc(N(C)C)cc(C(F)(F)F)n1. The minimum atomic E-state index is -4.55. The number of ether oxygens (including phenoxy) is 1. The van der Waals surface area contributed by atoms with E-state index in [1.165, 1.54) is 12.0 Å². The topological polar surface area (TPSA) is 68.1 Å². The first-order valence-electron chi connectivity index (χ1n) is 7.63. The molecule has 0 spiro atoms. The van der Waals surface area contributed by atoms with E-state index in [1.807, 2.05) is 6.92 Å². The molecule has 0 saturated carbocycles. The van der Waals surface area contributed by atoms with Crippen LogP contribution < -0.4 is 15.0 Å². The maximum absolute atomic E-state index is 13.0. The first kappa shape index (κ1) is 18.8. The van der Waals surface area contributed by atoms with E-state index < -0.39 is 11.9 Å². The maximum Gasteiger partial charge on any atom is 0.433 e. The second-order valence-electron chi connectivity index (χ2n) is 5.59. The summed E-state index contributed by atoms with van der Waals surface area (Å²) in [6.45, 7) is 2.14. The third-order valence-corrected chi connectivity index (χ3v) is 3.58. The van der Waals surface area contributed by atoms with E-state index in [9.17, 15) is 13.2 Å². The zero-order chi connectivity index (χ0) is 18.8. The molecule has 2 aromatic rings. The molecule has 10 heteroatoms. The van der Waals surface area contributed by atoms with Crippen molar-refractivity contribution >= 4 is 11.8 Å². The number of rotatable bonds is 6. The smallest absolute Gasteiger partial charge is 0.433 e. The van der Waals surface area contributed by atoms with Gasteiger partial charge in [0.25, 0.3) is 0 Å². The van der Waals surface area contributed by atoms with Gasteiger partial charge in [0.15, 0.2) is 5.69 Å². The van der Waals surface area contributed by atoms with Gasteiger partial charge in [-0.15, -0.1) is 0 Å². The molecule has 0 bridgehead atoms. The summed E-state index contributed by atoms with van der Waals surface area (Å²) in [7, 11) is 6.49. The normalized spacial score (nSPS) is 11.5. The van der Waals surface area contributed by atoms with Gasteiger partial charge in [-0.05, 0) is 6.42 Å². The molecule has 0 aromatic carbocycles. The van der Waals surface area contributed by atoms with E-state index in [-0.39, 0.29) is 18.3 Å². The molecule has 0 atom stereocenters. The molecule has 0 amide bonds. The van der Waals surface area contributed by atoms with Gasteiger partial charge in [0.2, 0.25) is 11.8 Å². The van der Waals surface area contributed by atoms with Gasteiger partial charge in [-0.25, -0.2) is 9.67 Å². The van der Waals surface area contributed by atoms with Crippen molar-refractivity contribution in [3.63, 3.8) is 0 Å². The first-order chi connectivity index (χ1) is 11.7. The third-order valence-electron chi connectivity index (χ3n) is 3.58. The average molecular weight is 358 g/mol. The van der Waals surface area contributed by atoms with Crippen LogP contribution in [-0.4, -0.2) is 41.0 Å². The van der Waals surface area contributed by atoms with Gasteiger partial charge in [0.05, 0.1) is 24.9 Å². The van der Waals surface area contributed by atoms with Gasteiger partial charge in [0, 0.05) is 27.2 Å². The van der Waals surface area contributed by atoms with Gasteiger partial charge in [-0.1, -0.05) is 6.92 Å². The molecular formula is C15H21F3N6O. The molecule has 0 unspecified atom stereocenters. The van der Waals surface area contributed by atoms with Crippen molar-refractivity contribution in [2.24, 2.45) is 7.05 Å². The highest BCUT2D eigenvalue weighted by atomic mass is 19.4. The summed E-state index contributed by atoms with van der Waals surface area (Å²) in [5.41, 5.74) is 0.564. The van der Waals surface area contributed by atoms with Crippen LogP contribution in [0.4, 0.5) is 24.9 Å². The predicted molar refractivity (Wildman–Crippen MR) is 87.8 cm³/mol. The van der Waals surface area contributed by atoms with Gasteiger partial charge in [-0.3, -0.25) is 0 Å². The van der Waals surface area contributed by atoms with Crippen molar-refractivity contribution in [1.29, 1.82) is 0 Å². The number of aromatic nitrogens is 4. The molecule has 0 aliphatic carbocycles. The van der Waals surface area contributed by atoms with Crippen LogP contribution >= 0.6 is 0 Å². The number of aryl methyl sites for hydroxylation is 2. The van der Waals surface area contributed by atoms with Crippen LogP contribution in [0.1, 0.15) is 23.9 Å². The van der Waals surface area contributed by atoms with Crippen molar-refractivity contribution in [2.45, 2.75) is 26.1 Å². The molecule has 0 aliphatic rings. The Bertz CT molecular complexity index is 742. The standard InChI is InChI=1S/C15H21F3N6O/c1-6-10-9(13(25-5)24(4)22-10)8-19-14-20-11(15(16,17)18)7-12(21-14)23(2)3/h7H,6,8H2,1-5H3,(H,19,20,21). The molecule has 0 aliphatic heterocycles. The third kappa shape index (κ3) is 4.12. The van der Waals surface area contributed by atoms with Crippen LogP contribution in [0.3, 0.4) is 0 Å². The van der Waals surface area contributed by atoms with Crippen LogP contribution in [0.15, 0.2) is 6.07 Å². The molecule has 0 radical (unpaired) electrons. The van der Waals surface area contributed by atoms with Crippen molar-refractivity contribution in [3.8, 4) is 5.88 Å². The van der Waals surface area contributed by atoms with Crippen LogP contribution in [0.5, 0.6) is 5.88 Å². The number of methoxy groups -OCH3 is 1. The molecule has 138 valence electrons. The fourth-order valence-electron chi connectivity index (χ4n) is 2.38. The summed E-state index contributed by atoms with van der Waals surface area (Å²) in [6, 6.07) is 0.910. The van der Waals surface area contributed by atoms with Crippen LogP contribution in [0.2, 0.25) is 0 Å². The van der Waals surface area contributed by atoms with E-state index in [0.717, 1.165) is 17.3 Å². The average Bonchev–Trinajstić information content (AvgIpc) is 2.86. The largest absolute Gasteiger partial charge is 0.481 e. The Balaban J connectivity index is 2.34. The Hall–Kier alpha value is -2.52. The fraction of sp³-hybridized carbons (Fsp3) is 0.533. The Labute approximate surface area is 143 Å². The van der Waals surface area contributed by atoms with Gasteiger partial charge in [-0.2, -0.15) is 23.3 Å². The predicted octanol–water partition coefficient (Wildman–Crippen LogP) is 2.48. The molecule has 2 aromatic heterocycles. The highest BCUT2D eigenvalue weighted by Crippen LogP contribution is 2.30. The quantitative estimate of drug-likeness (QED) is 0.856. The van der Waals surface area contributed by atoms with Gasteiger partial charge >= 0.3 is 6.18 Å². The zero-order valence-electron chi connectivity index (χ0n) is 14.8. The lowest BCUT2D eigenvalue weighted by Gasteiger charge is -2.16. The Morgan fingerprint density at radius 2 is 1.96 bits per heavy atom. The molecule has 1 N–H and O–H groups in total. The fourth-order valence-corrected chi connectivity index (χ4v) is 2.38. The van der Waals surface area contributed by atoms with E-state index in [0.29, 0.717) is 12.3 Å². The lowest BCUT2D eigenvalue weighted by atomic mass is 10.2. The second-order valence-corrected chi connectivity index (χ2v) is 5.59. The van der Waals surface area contributed by atoms with E-state index in [4.69, 9.17) is 4.74 Å². The molecule has 2 heterocycles. The highest BCUT2D eigenvalue weighted by molar-refractivity contribution is 5.45. The highest BCUT2D eigenvalue weighted by Gasteiger charge is 2.34. The van der Waals surface area contributed by atoms with E-state index in [1.54, 1.807) is 25.8 Å². The van der Waals surface area contributed by atoms with E-state index >= 15 is 0 Å². The molecule has 0 fully saturated rings. The molecule has 2 rings (SSSR count). The zero-order valence-corrected chi connectivity index (χ0v) is 14.8. The number of anilines is 2. The van der Waals surface area contributed by atoms with Crippen molar-refractivity contribution in [3.05, 3.63) is 23.0 Å². The summed E-state index contributed by atoms with van der Waals surface area (Å²) in [5.74, 6) is 0.606. The Morgan fingerprint density at radius 3 is 2.48 bits per heavy atom. The van der Waals surface area contributed by atoms with Crippen LogP contribution in [-0.2, 0) is 26.2 Å². The monoisotopic (exact) mass is 358 g/mol. The van der Waals surface area contributed by atoms with Crippen molar-refractivity contribution in [2.75, 3.05) is 31.4 Å². The Kier molecular flexibility index (Phi) is 5.39. The molecule has 7 nitrogen and oxygen atoms in total. The first-order valence-corrected chi connectivity index (χ1v) is 7.63. The lowest BCUT2D eigenvalue weighted by molar-refractivity contribution is -0.141. The maximum atomic E-state index is 13.0. The van der Waals surface area contributed by atoms with E-state index in [2.05, 4.69) is 20.4 Å². The summed E-state index contributed by atoms with van der Waals surface area (Å²) in [5, 5.41) is 7.19. The summed E-state index contributed by atoms with van der Waals surface area (Å²) in [6.07, 6.45) is -3.88. The number of hydrogen-bond acceptors (Lipinski definition) is 6. The number of nitrogens with one attached hydrogen (secondary N) is 1. The van der Waals surface area contributed by atoms with Crippen molar-refractivity contribution in [1.82, 2.24) is 19.7 Å². The summed E-state index contributed by atoms with van der Waals surface area (Å²) < 4.78 is 46.0. The van der Waals surface area contributed by atoms with Gasteiger partial charge in [0.1, 0.15) is 5.82 Å². The van der Waals surface area contributed by atoms with Gasteiger partial charge < -0.3 is 15.0 Å². The lowest BCUT2D eigenvalue weighted by Crippen LogP contribution is -2.17. The molecule has 0 saturated heterocycles. The number of nitrogens with zero attached hydrogens (tertiary/aromatic N) is 5. The Morgan fingerprint density at radius 1 is 1.28 bits per heavy atom. The van der Waals surface area contributed by atoms with Crippen LogP contribution in [0.25, 0.3) is 0 Å². The number of hydrogen-bond donors (Lipinski definition) is 1. The number of alkyl halides is 3. The minimum absolute atomic E-state index is 0.105. The van der Waals surface area contributed by atoms with Crippen LogP contribution in [0, 0.1) is 0 Å². The molecule has 25 heavy (non-hydrogen) atoms. The van der Waals surface area contributed by atoms with Crippen molar-refractivity contribution < 1.29 is 17.9 Å². The number of halogens is 3. The summed E-state index contributed by atoms with van der Waals surface area (Å²) in [4.78, 5) is 9.18. The second kappa shape index (κ2) is 7.16. The minimum Gasteiger partial charge on any atom is -0.481 e. The molecular weight excluding hydrogens is 337 g/mol. The summed E-state index contributed by atoms with van der Waals surface area (Å²) >= 11 is 0.